The molecule has 3 atom stereocenters. The summed E-state index contributed by atoms with van der Waals surface area (Å²) in [5.74, 6) is 4.71. The van der Waals surface area contributed by atoms with Gasteiger partial charge in [0.1, 0.15) is 6.07 Å². The second kappa shape index (κ2) is 12.2. The van der Waals surface area contributed by atoms with Crippen LogP contribution in [0.4, 0.5) is 11.4 Å². The van der Waals surface area contributed by atoms with Crippen LogP contribution in [0.15, 0.2) is 65.6 Å². The largest absolute Gasteiger partial charge is 0.370 e. The highest BCUT2D eigenvalue weighted by atomic mass is 32.2. The number of anilines is 2. The Bertz CT molecular complexity index is 1620. The third-order valence-electron chi connectivity index (χ3n) is 8.99. The van der Waals surface area contributed by atoms with E-state index >= 15 is 0 Å². The van der Waals surface area contributed by atoms with Crippen molar-refractivity contribution in [2.75, 3.05) is 49.1 Å². The summed E-state index contributed by atoms with van der Waals surface area (Å²) in [6.07, 6.45) is 1.98. The maximum Gasteiger partial charge on any atom is 0.254 e. The van der Waals surface area contributed by atoms with Gasteiger partial charge in [0.05, 0.1) is 31.5 Å². The lowest BCUT2D eigenvalue weighted by atomic mass is 9.80. The van der Waals surface area contributed by atoms with Gasteiger partial charge in [-0.15, -0.1) is 0 Å². The maximum atomic E-state index is 13.8. The number of nitrogens with zero attached hydrogens (tertiary/aromatic N) is 4. The molecule has 2 saturated heterocycles. The van der Waals surface area contributed by atoms with Gasteiger partial charge in [0.15, 0.2) is 0 Å². The molecule has 0 aromatic heterocycles. The number of hydrogen-bond donors (Lipinski definition) is 1. The molecule has 5 rings (SSSR count). The van der Waals surface area contributed by atoms with Crippen molar-refractivity contribution in [3.8, 4) is 6.07 Å². The molecule has 2 fully saturated rings. The van der Waals surface area contributed by atoms with Crippen LogP contribution >= 0.6 is 0 Å². The van der Waals surface area contributed by atoms with Crippen LogP contribution in [0.3, 0.4) is 0 Å². The summed E-state index contributed by atoms with van der Waals surface area (Å²) in [5, 5.41) is 15.4. The normalized spacial score (nSPS) is 20.6. The summed E-state index contributed by atoms with van der Waals surface area (Å²) in [6.45, 7) is 10.8. The van der Waals surface area contributed by atoms with Crippen molar-refractivity contribution in [2.24, 2.45) is 17.0 Å². The molecule has 3 aromatic carbocycles. The summed E-state index contributed by atoms with van der Waals surface area (Å²) in [6, 6.07) is 21.9. The topological polar surface area (TPSA) is 93.7 Å². The van der Waals surface area contributed by atoms with E-state index in [1.807, 2.05) is 54.3 Å². The first-order valence-electron chi connectivity index (χ1n) is 14.7. The first kappa shape index (κ1) is 29.7. The molecule has 2 heterocycles. The molecule has 2 aliphatic rings. The van der Waals surface area contributed by atoms with Crippen LogP contribution < -0.4 is 14.9 Å². The van der Waals surface area contributed by atoms with Crippen LogP contribution in [-0.4, -0.2) is 60.2 Å². The highest BCUT2D eigenvalue weighted by Gasteiger charge is 2.29. The molecule has 2 aliphatic heterocycles. The molecule has 0 bridgehead atoms. The average Bonchev–Trinajstić information content (AvgIpc) is 2.98. The Balaban J connectivity index is 1.26. The van der Waals surface area contributed by atoms with Crippen LogP contribution in [0.5, 0.6) is 0 Å². The summed E-state index contributed by atoms with van der Waals surface area (Å²) < 4.78 is 12.5. The Labute approximate surface area is 250 Å². The monoisotopic (exact) mass is 583 g/mol. The molecule has 0 spiro atoms. The SMILES string of the molecule is C=S(N)(=O)c1ccccc1N1CCN(C(=O)c2cc(CC3CCN(c4ccccc4C#N)CC3C)c(C)cc2C)CC1. The van der Waals surface area contributed by atoms with Crippen molar-refractivity contribution >= 4 is 32.9 Å². The molecule has 7 nitrogen and oxygen atoms in total. The van der Waals surface area contributed by atoms with E-state index < -0.39 is 9.71 Å². The van der Waals surface area contributed by atoms with E-state index in [1.54, 1.807) is 6.07 Å². The van der Waals surface area contributed by atoms with Crippen molar-refractivity contribution in [3.05, 3.63) is 88.5 Å². The molecule has 42 heavy (non-hydrogen) atoms. The lowest BCUT2D eigenvalue weighted by molar-refractivity contribution is 0.0745. The predicted molar refractivity (Wildman–Crippen MR) is 173 cm³/mol. The summed E-state index contributed by atoms with van der Waals surface area (Å²) in [4.78, 5) is 20.7. The number of aryl methyl sites for hydroxylation is 2. The number of nitriles is 1. The minimum atomic E-state index is -2.84. The number of amides is 1. The average molecular weight is 584 g/mol. The van der Waals surface area contributed by atoms with Crippen LogP contribution in [-0.2, 0) is 16.1 Å². The van der Waals surface area contributed by atoms with Gasteiger partial charge in [0.2, 0.25) is 0 Å². The molecule has 0 radical (unpaired) electrons. The molecule has 3 aromatic rings. The van der Waals surface area contributed by atoms with Crippen molar-refractivity contribution in [1.29, 1.82) is 5.26 Å². The standard InChI is InChI=1S/C34H41N5O2S/c1-24-19-25(2)30(34(40)38-17-15-37(16-18-38)32-11-7-8-12-33(32)42(4,36)41)21-29(24)20-27-13-14-39(23-26(27)3)31-10-6-5-9-28(31)22-35/h5-12,19,21,26-27H,4,13-18,20,23H2,1-3H3,(H2,36,41). The fraction of sp³-hybridized carbons (Fsp3) is 0.382. The third-order valence-corrected chi connectivity index (χ3v) is 10.1. The summed E-state index contributed by atoms with van der Waals surface area (Å²) in [5.41, 5.74) is 6.84. The molecule has 220 valence electrons. The van der Waals surface area contributed by atoms with Gasteiger partial charge in [0.25, 0.3) is 5.91 Å². The number of hydrogen-bond acceptors (Lipinski definition) is 5. The lowest BCUT2D eigenvalue weighted by Gasteiger charge is -2.39. The van der Waals surface area contributed by atoms with E-state index in [-0.39, 0.29) is 5.91 Å². The van der Waals surface area contributed by atoms with Crippen molar-refractivity contribution < 1.29 is 9.00 Å². The van der Waals surface area contributed by atoms with Crippen LogP contribution in [0.2, 0.25) is 0 Å². The molecule has 2 N–H and O–H groups in total. The smallest absolute Gasteiger partial charge is 0.254 e. The van der Waals surface area contributed by atoms with E-state index in [1.165, 1.54) is 11.1 Å². The lowest BCUT2D eigenvalue weighted by Crippen LogP contribution is -2.49. The fourth-order valence-corrected chi connectivity index (χ4v) is 7.38. The molecule has 8 heteroatoms. The zero-order valence-electron chi connectivity index (χ0n) is 24.9. The van der Waals surface area contributed by atoms with Gasteiger partial charge < -0.3 is 14.7 Å². The number of nitrogens with two attached hydrogens (primary N) is 1. The van der Waals surface area contributed by atoms with Gasteiger partial charge >= 0.3 is 0 Å². The van der Waals surface area contributed by atoms with E-state index in [0.717, 1.165) is 54.0 Å². The van der Waals surface area contributed by atoms with Crippen molar-refractivity contribution in [1.82, 2.24) is 4.90 Å². The Morgan fingerprint density at radius 2 is 1.64 bits per heavy atom. The molecular weight excluding hydrogens is 542 g/mol. The number of rotatable bonds is 6. The van der Waals surface area contributed by atoms with E-state index in [0.29, 0.717) is 42.9 Å². The van der Waals surface area contributed by atoms with Gasteiger partial charge in [-0.25, -0.2) is 4.21 Å². The van der Waals surface area contributed by atoms with Crippen LogP contribution in [0, 0.1) is 37.0 Å². The Hall–Kier alpha value is -3.80. The van der Waals surface area contributed by atoms with E-state index in [4.69, 9.17) is 5.14 Å². The molecule has 0 aliphatic carbocycles. The Morgan fingerprint density at radius 3 is 2.31 bits per heavy atom. The first-order valence-corrected chi connectivity index (χ1v) is 16.5. The second-order valence-electron chi connectivity index (χ2n) is 11.9. The van der Waals surface area contributed by atoms with E-state index in [2.05, 4.69) is 47.7 Å². The second-order valence-corrected chi connectivity index (χ2v) is 13.8. The Kier molecular flexibility index (Phi) is 8.63. The highest BCUT2D eigenvalue weighted by Crippen LogP contribution is 2.33. The quantitative estimate of drug-likeness (QED) is 0.421. The first-order chi connectivity index (χ1) is 20.1. The van der Waals surface area contributed by atoms with Gasteiger partial charge in [-0.05, 0) is 91.4 Å². The highest BCUT2D eigenvalue weighted by molar-refractivity contribution is 7.98. The number of benzene rings is 3. The maximum absolute atomic E-state index is 13.8. The number of piperazine rings is 1. The predicted octanol–water partition coefficient (Wildman–Crippen LogP) is 4.79. The minimum absolute atomic E-state index is 0.0671. The van der Waals surface area contributed by atoms with Crippen molar-refractivity contribution in [3.63, 3.8) is 0 Å². The number of para-hydroxylation sites is 2. The number of carbonyl (C=O) groups excluding carboxylic acids is 1. The molecule has 3 unspecified atom stereocenters. The zero-order valence-corrected chi connectivity index (χ0v) is 25.7. The van der Waals surface area contributed by atoms with E-state index in [9.17, 15) is 14.3 Å². The van der Waals surface area contributed by atoms with Crippen molar-refractivity contribution in [2.45, 2.75) is 38.5 Å². The van der Waals surface area contributed by atoms with Crippen LogP contribution in [0.25, 0.3) is 0 Å². The molecule has 1 amide bonds. The van der Waals surface area contributed by atoms with Gasteiger partial charge in [0, 0.05) is 44.8 Å². The number of carbonyl (C=O) groups is 1. The molecule has 0 saturated carbocycles. The van der Waals surface area contributed by atoms with Crippen LogP contribution in [0.1, 0.15) is 46.0 Å². The van der Waals surface area contributed by atoms with Gasteiger partial charge in [-0.2, -0.15) is 5.26 Å². The molecular formula is C34H41N5O2S. The fourth-order valence-electron chi connectivity index (χ4n) is 6.52. The Morgan fingerprint density at radius 1 is 0.976 bits per heavy atom. The van der Waals surface area contributed by atoms with Gasteiger partial charge in [-0.3, -0.25) is 9.93 Å². The summed E-state index contributed by atoms with van der Waals surface area (Å²) in [7, 11) is -2.84. The minimum Gasteiger partial charge on any atom is -0.370 e. The number of piperidine rings is 1. The zero-order chi connectivity index (χ0) is 30.0. The van der Waals surface area contributed by atoms with Gasteiger partial charge in [-0.1, -0.05) is 37.3 Å². The third kappa shape index (κ3) is 6.18. The summed E-state index contributed by atoms with van der Waals surface area (Å²) >= 11 is 0.